The fraction of sp³-hybridized carbons (Fsp3) is 0.688. The lowest BCUT2D eigenvalue weighted by Gasteiger charge is -2.53. The van der Waals surface area contributed by atoms with Gasteiger partial charge in [-0.1, -0.05) is 77.0 Å². The molecule has 17 heteroatoms. The summed E-state index contributed by atoms with van der Waals surface area (Å²) in [6.45, 7) is 13.0. The summed E-state index contributed by atoms with van der Waals surface area (Å²) in [5.41, 5.74) is -2.05. The molecular weight excluding hydrogens is 849 g/mol. The molecule has 11 atom stereocenters. The molecule has 4 rings (SSSR count). The standard InChI is InChI=1S/C48H70O17/c1-10-12-13-14-15-16-40(52)63-44-32(23-41(53)58-9)22-35-26-38(29(3)49)62-43(55)25-33(51)24-36-27-39(60-30(4)50)46(7,8)47(56,64-36)28-37-20-31(21-42(54)59-11-2)19-34(61-37)17-18-45(5,6)48(44,57)65-35/h13-18,21,23,29,33-39,44,49,51,56-57H,10-12,19-20,22,24-28H2,1-9H3/b14-13+,16-15+,18-17+,31-21+,32-23+/t29-,33-,34+,35+,36?,37+,38-,39+,44+,47+,48-/m1/s1. The van der Waals surface area contributed by atoms with Gasteiger partial charge in [-0.3, -0.25) is 9.59 Å². The Morgan fingerprint density at radius 3 is 2.26 bits per heavy atom. The highest BCUT2D eigenvalue weighted by Gasteiger charge is 2.59. The van der Waals surface area contributed by atoms with Gasteiger partial charge in [-0.05, 0) is 45.1 Å². The Morgan fingerprint density at radius 1 is 0.892 bits per heavy atom. The second-order valence-electron chi connectivity index (χ2n) is 18.5. The van der Waals surface area contributed by atoms with E-state index in [1.165, 1.54) is 32.1 Å². The minimum Gasteiger partial charge on any atom is -0.466 e. The SMILES string of the molecule is CCC/C=C/C=C/C(=O)O[C@H]1/C(=C/C(=O)OC)C[C@H]2C[C@H]([C@@H](C)O)OC(=O)C[C@H](O)CC3C[C@H](OC(C)=O)C(C)(C)[C@](O)(C[C@@H]4C/C(=C/C(=O)OCC)C[C@H](/C=C/C(C)(C)[C@]1(O)O2)O4)O3. The minimum atomic E-state index is -2.47. The van der Waals surface area contributed by atoms with E-state index in [4.69, 9.17) is 37.9 Å². The van der Waals surface area contributed by atoms with Crippen LogP contribution < -0.4 is 0 Å². The molecule has 6 bridgehead atoms. The molecule has 4 N–H and O–H groups in total. The molecule has 65 heavy (non-hydrogen) atoms. The smallest absolute Gasteiger partial charge is 0.331 e. The van der Waals surface area contributed by atoms with Crippen LogP contribution in [-0.4, -0.2) is 130 Å². The average molecular weight is 919 g/mol. The van der Waals surface area contributed by atoms with E-state index >= 15 is 0 Å². The number of hydrogen-bond donors (Lipinski definition) is 4. The molecule has 0 aromatic heterocycles. The predicted octanol–water partition coefficient (Wildman–Crippen LogP) is 4.67. The molecule has 0 aliphatic carbocycles. The van der Waals surface area contributed by atoms with Crippen molar-refractivity contribution in [2.24, 2.45) is 10.8 Å². The summed E-state index contributed by atoms with van der Waals surface area (Å²) in [5, 5.41) is 47.6. The highest BCUT2D eigenvalue weighted by Crippen LogP contribution is 2.50. The van der Waals surface area contributed by atoms with E-state index in [1.807, 2.05) is 13.0 Å². The Labute approximate surface area is 381 Å². The molecule has 0 radical (unpaired) electrons. The van der Waals surface area contributed by atoms with Crippen molar-refractivity contribution in [3.05, 3.63) is 59.8 Å². The van der Waals surface area contributed by atoms with E-state index < -0.39 is 114 Å². The number of fused-ring (bicyclic) bond motifs is 6. The van der Waals surface area contributed by atoms with E-state index in [0.29, 0.717) is 5.57 Å². The van der Waals surface area contributed by atoms with Crippen molar-refractivity contribution in [1.82, 2.24) is 0 Å². The van der Waals surface area contributed by atoms with Gasteiger partial charge in [0, 0.05) is 56.3 Å². The van der Waals surface area contributed by atoms with Crippen LogP contribution in [0.4, 0.5) is 0 Å². The van der Waals surface area contributed by atoms with Crippen LogP contribution in [0.2, 0.25) is 0 Å². The number of carbonyl (C=O) groups excluding carboxylic acids is 5. The molecular formula is C48H70O17. The molecule has 0 aromatic carbocycles. The fourth-order valence-corrected chi connectivity index (χ4v) is 8.70. The van der Waals surface area contributed by atoms with Gasteiger partial charge in [0.25, 0.3) is 0 Å². The molecule has 3 saturated heterocycles. The average Bonchev–Trinajstić information content (AvgIpc) is 3.19. The number of allylic oxidation sites excluding steroid dienone is 3. The molecule has 3 fully saturated rings. The first kappa shape index (κ1) is 53.4. The second-order valence-corrected chi connectivity index (χ2v) is 18.5. The quantitative estimate of drug-likeness (QED) is 0.0765. The highest BCUT2D eigenvalue weighted by atomic mass is 16.7. The molecule has 0 saturated carbocycles. The maximum Gasteiger partial charge on any atom is 0.331 e. The van der Waals surface area contributed by atoms with E-state index in [-0.39, 0.29) is 57.1 Å². The fourth-order valence-electron chi connectivity index (χ4n) is 8.70. The Hall–Kier alpha value is -4.23. The number of rotatable bonds is 10. The molecule has 0 amide bonds. The highest BCUT2D eigenvalue weighted by molar-refractivity contribution is 5.85. The summed E-state index contributed by atoms with van der Waals surface area (Å²) in [5.74, 6) is -8.28. The maximum absolute atomic E-state index is 13.5. The number of esters is 5. The summed E-state index contributed by atoms with van der Waals surface area (Å²) in [6, 6.07) is 0. The number of unbranched alkanes of at least 4 members (excludes halogenated alkanes) is 1. The van der Waals surface area contributed by atoms with Crippen molar-refractivity contribution < 1.29 is 82.3 Å². The van der Waals surface area contributed by atoms with Gasteiger partial charge in [0.05, 0.1) is 62.2 Å². The third kappa shape index (κ3) is 14.1. The summed E-state index contributed by atoms with van der Waals surface area (Å²) in [7, 11) is 1.16. The van der Waals surface area contributed by atoms with Gasteiger partial charge in [0.1, 0.15) is 12.2 Å². The van der Waals surface area contributed by atoms with Gasteiger partial charge in [0.2, 0.25) is 5.79 Å². The topological polar surface area (TPSA) is 240 Å². The predicted molar refractivity (Wildman–Crippen MR) is 233 cm³/mol. The molecule has 364 valence electrons. The van der Waals surface area contributed by atoms with Gasteiger partial charge < -0.3 is 58.3 Å². The van der Waals surface area contributed by atoms with Gasteiger partial charge in [0.15, 0.2) is 11.9 Å². The first-order chi connectivity index (χ1) is 30.4. The molecule has 0 spiro atoms. The van der Waals surface area contributed by atoms with Crippen LogP contribution in [0.5, 0.6) is 0 Å². The van der Waals surface area contributed by atoms with Crippen LogP contribution in [0.15, 0.2) is 59.8 Å². The Balaban J connectivity index is 1.89. The normalized spacial score (nSPS) is 35.4. The number of aliphatic hydroxyl groups is 4. The molecule has 17 nitrogen and oxygen atoms in total. The van der Waals surface area contributed by atoms with Gasteiger partial charge in [-0.2, -0.15) is 0 Å². The van der Waals surface area contributed by atoms with E-state index in [9.17, 15) is 44.4 Å². The summed E-state index contributed by atoms with van der Waals surface area (Å²) in [6.07, 6.45) is 2.62. The van der Waals surface area contributed by atoms with Gasteiger partial charge in [-0.15, -0.1) is 0 Å². The van der Waals surface area contributed by atoms with Crippen molar-refractivity contribution in [2.45, 2.75) is 186 Å². The van der Waals surface area contributed by atoms with Crippen LogP contribution in [0, 0.1) is 10.8 Å². The molecule has 4 heterocycles. The van der Waals surface area contributed by atoms with Crippen molar-refractivity contribution >= 4 is 29.8 Å². The third-order valence-corrected chi connectivity index (χ3v) is 12.5. The lowest BCUT2D eigenvalue weighted by molar-refractivity contribution is -0.348. The Bertz CT molecular complexity index is 1840. The summed E-state index contributed by atoms with van der Waals surface area (Å²) < 4.78 is 47.1. The lowest BCUT2D eigenvalue weighted by atomic mass is 9.70. The van der Waals surface area contributed by atoms with Crippen LogP contribution in [-0.2, 0) is 61.9 Å². The van der Waals surface area contributed by atoms with Crippen LogP contribution in [0.1, 0.15) is 120 Å². The zero-order valence-corrected chi connectivity index (χ0v) is 39.2. The largest absolute Gasteiger partial charge is 0.466 e. The maximum atomic E-state index is 13.5. The molecule has 4 aliphatic rings. The number of hydrogen-bond acceptors (Lipinski definition) is 17. The van der Waals surface area contributed by atoms with E-state index in [2.05, 4.69) is 0 Å². The second kappa shape index (κ2) is 23.0. The van der Waals surface area contributed by atoms with Gasteiger partial charge >= 0.3 is 29.8 Å². The molecule has 4 aliphatic heterocycles. The van der Waals surface area contributed by atoms with Crippen LogP contribution in [0.25, 0.3) is 0 Å². The summed E-state index contributed by atoms with van der Waals surface area (Å²) >= 11 is 0. The Morgan fingerprint density at radius 2 is 1.62 bits per heavy atom. The Kier molecular flexibility index (Phi) is 18.9. The molecule has 1 unspecified atom stereocenters. The summed E-state index contributed by atoms with van der Waals surface area (Å²) in [4.78, 5) is 65.0. The number of ether oxygens (including phenoxy) is 8. The van der Waals surface area contributed by atoms with Crippen molar-refractivity contribution in [3.63, 3.8) is 0 Å². The minimum absolute atomic E-state index is 0.0726. The first-order valence-corrected chi connectivity index (χ1v) is 22.5. The van der Waals surface area contributed by atoms with Crippen molar-refractivity contribution in [1.29, 1.82) is 0 Å². The van der Waals surface area contributed by atoms with Crippen LogP contribution >= 0.6 is 0 Å². The van der Waals surface area contributed by atoms with Gasteiger partial charge in [-0.25, -0.2) is 14.4 Å². The van der Waals surface area contributed by atoms with Crippen molar-refractivity contribution in [2.75, 3.05) is 13.7 Å². The van der Waals surface area contributed by atoms with Crippen molar-refractivity contribution in [3.8, 4) is 0 Å². The van der Waals surface area contributed by atoms with E-state index in [1.54, 1.807) is 52.8 Å². The number of cyclic esters (lactones) is 1. The lowest BCUT2D eigenvalue weighted by Crippen LogP contribution is -2.62. The molecule has 0 aromatic rings. The van der Waals surface area contributed by atoms with E-state index in [0.717, 1.165) is 26.0 Å². The monoisotopic (exact) mass is 918 g/mol. The zero-order valence-electron chi connectivity index (χ0n) is 39.2. The third-order valence-electron chi connectivity index (χ3n) is 12.5. The zero-order chi connectivity index (χ0) is 48.3. The number of methoxy groups -OCH3 is 1. The first-order valence-electron chi connectivity index (χ1n) is 22.5. The number of aliphatic hydroxyl groups excluding tert-OH is 2. The number of carbonyl (C=O) groups is 5. The van der Waals surface area contributed by atoms with Crippen LogP contribution in [0.3, 0.4) is 0 Å².